The van der Waals surface area contributed by atoms with E-state index in [0.717, 1.165) is 13.6 Å². The highest BCUT2D eigenvalue weighted by Crippen LogP contribution is 2.29. The number of hydrogen-bond acceptors (Lipinski definition) is 5. The van der Waals surface area contributed by atoms with Crippen molar-refractivity contribution in [3.63, 3.8) is 0 Å². The van der Waals surface area contributed by atoms with Gasteiger partial charge in [-0.25, -0.2) is 4.79 Å². The number of carbonyl (C=O) groups excluding carboxylic acids is 3. The van der Waals surface area contributed by atoms with Crippen molar-refractivity contribution >= 4 is 45.1 Å². The number of halogens is 1. The van der Waals surface area contributed by atoms with Crippen molar-refractivity contribution in [3.8, 4) is 0 Å². The molecule has 0 aromatic carbocycles. The van der Waals surface area contributed by atoms with E-state index in [2.05, 4.69) is 21.2 Å². The van der Waals surface area contributed by atoms with Crippen LogP contribution in [0.5, 0.6) is 0 Å². The van der Waals surface area contributed by atoms with Crippen molar-refractivity contribution in [1.29, 1.82) is 0 Å². The number of carbonyl (C=O) groups is 3. The molecule has 0 radical (unpaired) electrons. The number of rotatable bonds is 6. The van der Waals surface area contributed by atoms with Gasteiger partial charge in [0.25, 0.3) is 5.91 Å². The third-order valence-electron chi connectivity index (χ3n) is 4.29. The molecule has 7 nitrogen and oxygen atoms in total. The van der Waals surface area contributed by atoms with Crippen LogP contribution in [0, 0.1) is 0 Å². The average molecular weight is 440 g/mol. The minimum absolute atomic E-state index is 0.288. The van der Waals surface area contributed by atoms with Crippen molar-refractivity contribution in [1.82, 2.24) is 15.1 Å². The average Bonchev–Trinajstić information content (AvgIpc) is 3.31. The van der Waals surface area contributed by atoms with E-state index in [0.29, 0.717) is 18.8 Å². The molecule has 138 valence electrons. The Hall–Kier alpha value is -2.13. The SMILES string of the molecule is CCN(Cc1ccc(Br)s1)C(=O)CN1C(=O)NC(C)(c2ccco2)C1=O. The van der Waals surface area contributed by atoms with Crippen LogP contribution < -0.4 is 5.32 Å². The van der Waals surface area contributed by atoms with Gasteiger partial charge >= 0.3 is 6.03 Å². The first-order chi connectivity index (χ1) is 12.3. The summed E-state index contributed by atoms with van der Waals surface area (Å²) in [5.41, 5.74) is -1.30. The summed E-state index contributed by atoms with van der Waals surface area (Å²) in [5.74, 6) is -0.452. The van der Waals surface area contributed by atoms with Crippen LogP contribution in [-0.4, -0.2) is 40.7 Å². The molecule has 1 aliphatic rings. The number of furan rings is 1. The molecule has 1 N–H and O–H groups in total. The molecule has 1 atom stereocenters. The quantitative estimate of drug-likeness (QED) is 0.701. The number of amides is 4. The van der Waals surface area contributed by atoms with Gasteiger partial charge in [0.15, 0.2) is 5.54 Å². The van der Waals surface area contributed by atoms with Crippen LogP contribution >= 0.6 is 27.3 Å². The maximum absolute atomic E-state index is 12.8. The third-order valence-corrected chi connectivity index (χ3v) is 5.90. The predicted molar refractivity (Wildman–Crippen MR) is 99.4 cm³/mol. The van der Waals surface area contributed by atoms with Gasteiger partial charge in [0.1, 0.15) is 12.3 Å². The Morgan fingerprint density at radius 3 is 2.73 bits per heavy atom. The molecule has 1 unspecified atom stereocenters. The topological polar surface area (TPSA) is 82.9 Å². The van der Waals surface area contributed by atoms with Crippen molar-refractivity contribution < 1.29 is 18.8 Å². The van der Waals surface area contributed by atoms with E-state index >= 15 is 0 Å². The lowest BCUT2D eigenvalue weighted by Gasteiger charge is -2.23. The van der Waals surface area contributed by atoms with Gasteiger partial charge in [-0.05, 0) is 54.0 Å². The summed E-state index contributed by atoms with van der Waals surface area (Å²) < 4.78 is 6.27. The first kappa shape index (κ1) is 18.7. The van der Waals surface area contributed by atoms with Crippen LogP contribution in [0.1, 0.15) is 24.5 Å². The Morgan fingerprint density at radius 2 is 2.15 bits per heavy atom. The maximum atomic E-state index is 12.8. The summed E-state index contributed by atoms with van der Waals surface area (Å²) in [7, 11) is 0. The van der Waals surface area contributed by atoms with Crippen molar-refractivity contribution in [2.75, 3.05) is 13.1 Å². The van der Waals surface area contributed by atoms with Crippen LogP contribution in [0.15, 0.2) is 38.7 Å². The second kappa shape index (κ2) is 7.24. The third kappa shape index (κ3) is 3.41. The Morgan fingerprint density at radius 1 is 1.38 bits per heavy atom. The molecule has 1 fully saturated rings. The molecule has 1 saturated heterocycles. The number of nitrogens with zero attached hydrogens (tertiary/aromatic N) is 2. The molecule has 3 rings (SSSR count). The summed E-state index contributed by atoms with van der Waals surface area (Å²) >= 11 is 4.94. The van der Waals surface area contributed by atoms with Crippen molar-refractivity contribution in [3.05, 3.63) is 45.0 Å². The van der Waals surface area contributed by atoms with Gasteiger partial charge in [-0.3, -0.25) is 14.5 Å². The maximum Gasteiger partial charge on any atom is 0.325 e. The first-order valence-electron chi connectivity index (χ1n) is 8.05. The van der Waals surface area contributed by atoms with Gasteiger partial charge in [0, 0.05) is 11.4 Å². The number of imide groups is 1. The lowest BCUT2D eigenvalue weighted by atomic mass is 9.99. The molecule has 4 amide bonds. The van der Waals surface area contributed by atoms with Crippen LogP contribution in [0.4, 0.5) is 4.79 Å². The second-order valence-electron chi connectivity index (χ2n) is 6.04. The molecule has 2 aromatic heterocycles. The molecule has 0 spiro atoms. The first-order valence-corrected chi connectivity index (χ1v) is 9.66. The fourth-order valence-corrected chi connectivity index (χ4v) is 4.31. The van der Waals surface area contributed by atoms with Crippen molar-refractivity contribution in [2.24, 2.45) is 0 Å². The fourth-order valence-electron chi connectivity index (χ4n) is 2.81. The number of thiophene rings is 1. The highest BCUT2D eigenvalue weighted by atomic mass is 79.9. The monoisotopic (exact) mass is 439 g/mol. The highest BCUT2D eigenvalue weighted by Gasteiger charge is 2.51. The molecule has 1 aliphatic heterocycles. The summed E-state index contributed by atoms with van der Waals surface area (Å²) in [5, 5.41) is 2.62. The second-order valence-corrected chi connectivity index (χ2v) is 8.59. The molecule has 2 aromatic rings. The number of hydrogen-bond donors (Lipinski definition) is 1. The van der Waals surface area contributed by atoms with E-state index in [1.807, 2.05) is 19.1 Å². The van der Waals surface area contributed by atoms with Crippen LogP contribution in [0.3, 0.4) is 0 Å². The zero-order valence-corrected chi connectivity index (χ0v) is 16.7. The van der Waals surface area contributed by atoms with E-state index in [9.17, 15) is 14.4 Å². The number of nitrogens with one attached hydrogen (secondary N) is 1. The smallest absolute Gasteiger partial charge is 0.325 e. The van der Waals surface area contributed by atoms with Crippen LogP contribution in [-0.2, 0) is 21.7 Å². The predicted octanol–water partition coefficient (Wildman–Crippen LogP) is 2.92. The largest absolute Gasteiger partial charge is 0.466 e. The molecule has 9 heteroatoms. The van der Waals surface area contributed by atoms with E-state index in [1.165, 1.54) is 6.26 Å². The van der Waals surface area contributed by atoms with E-state index in [-0.39, 0.29) is 12.5 Å². The summed E-state index contributed by atoms with van der Waals surface area (Å²) in [4.78, 5) is 41.3. The van der Waals surface area contributed by atoms with Gasteiger partial charge in [-0.15, -0.1) is 11.3 Å². The molecule has 3 heterocycles. The van der Waals surface area contributed by atoms with E-state index < -0.39 is 17.5 Å². The molecule has 0 bridgehead atoms. The highest BCUT2D eigenvalue weighted by molar-refractivity contribution is 9.11. The fraction of sp³-hybridized carbons (Fsp3) is 0.353. The summed E-state index contributed by atoms with van der Waals surface area (Å²) in [6.07, 6.45) is 1.44. The lowest BCUT2D eigenvalue weighted by molar-refractivity contribution is -0.139. The number of likely N-dealkylation sites (N-methyl/N-ethyl adjacent to an activating group) is 1. The van der Waals surface area contributed by atoms with Gasteiger partial charge < -0.3 is 14.6 Å². The van der Waals surface area contributed by atoms with E-state index in [4.69, 9.17) is 4.42 Å². The van der Waals surface area contributed by atoms with Gasteiger partial charge in [0.2, 0.25) is 5.91 Å². The number of urea groups is 1. The standard InChI is InChI=1S/C17H18BrN3O4S/c1-3-20(9-11-6-7-13(18)26-11)14(22)10-21-15(23)17(2,19-16(21)24)12-5-4-8-25-12/h4-8H,3,9-10H2,1-2H3,(H,19,24). The minimum Gasteiger partial charge on any atom is -0.466 e. The summed E-state index contributed by atoms with van der Waals surface area (Å²) in [6, 6.07) is 6.52. The zero-order chi connectivity index (χ0) is 18.9. The van der Waals surface area contributed by atoms with E-state index in [1.54, 1.807) is 35.3 Å². The van der Waals surface area contributed by atoms with Crippen LogP contribution in [0.2, 0.25) is 0 Å². The Kier molecular flexibility index (Phi) is 5.19. The molecular weight excluding hydrogens is 422 g/mol. The zero-order valence-electron chi connectivity index (χ0n) is 14.3. The van der Waals surface area contributed by atoms with Gasteiger partial charge in [0.05, 0.1) is 16.6 Å². The molecule has 0 aliphatic carbocycles. The summed E-state index contributed by atoms with van der Waals surface area (Å²) in [6.45, 7) is 4.04. The van der Waals surface area contributed by atoms with Gasteiger partial charge in [-0.1, -0.05) is 0 Å². The lowest BCUT2D eigenvalue weighted by Crippen LogP contribution is -2.44. The molecular formula is C17H18BrN3O4S. The van der Waals surface area contributed by atoms with Gasteiger partial charge in [-0.2, -0.15) is 0 Å². The van der Waals surface area contributed by atoms with Crippen molar-refractivity contribution in [2.45, 2.75) is 25.9 Å². The Labute approximate surface area is 163 Å². The molecule has 26 heavy (non-hydrogen) atoms. The minimum atomic E-state index is -1.30. The normalized spacial score (nSPS) is 19.7. The Balaban J connectivity index is 1.72. The molecule has 0 saturated carbocycles. The Bertz CT molecular complexity index is 835. The van der Waals surface area contributed by atoms with Crippen LogP contribution in [0.25, 0.3) is 0 Å².